The quantitative estimate of drug-likeness (QED) is 0.511. The molecule has 0 radical (unpaired) electrons. The molecule has 0 fully saturated rings. The van der Waals surface area contributed by atoms with Crippen LogP contribution in [0.15, 0.2) is 33.7 Å². The lowest BCUT2D eigenvalue weighted by molar-refractivity contribution is -0.121. The lowest BCUT2D eigenvalue weighted by atomic mass is 9.98. The first kappa shape index (κ1) is 19.4. The molecule has 1 unspecified atom stereocenters. The number of nitrogens with zero attached hydrogens (tertiary/aromatic N) is 2. The molecule has 4 N–H and O–H groups in total. The van der Waals surface area contributed by atoms with Crippen molar-refractivity contribution in [3.8, 4) is 0 Å². The summed E-state index contributed by atoms with van der Waals surface area (Å²) in [6.07, 6.45) is 0.414. The summed E-state index contributed by atoms with van der Waals surface area (Å²) in [5.74, 6) is 0.632. The number of rotatable bonds is 7. The fourth-order valence-corrected chi connectivity index (χ4v) is 2.39. The van der Waals surface area contributed by atoms with Gasteiger partial charge in [0, 0.05) is 13.6 Å². The number of guanidine groups is 1. The van der Waals surface area contributed by atoms with Crippen LogP contribution >= 0.6 is 0 Å². The minimum atomic E-state index is -0.453. The Labute approximate surface area is 151 Å². The van der Waals surface area contributed by atoms with E-state index in [-0.39, 0.29) is 5.82 Å². The molecule has 0 aliphatic heterocycles. The van der Waals surface area contributed by atoms with Gasteiger partial charge in [-0.15, -0.1) is 0 Å². The van der Waals surface area contributed by atoms with Crippen molar-refractivity contribution >= 4 is 11.9 Å². The Morgan fingerprint density at radius 2 is 2.00 bits per heavy atom. The van der Waals surface area contributed by atoms with Crippen LogP contribution in [0.4, 0.5) is 4.39 Å². The topological polar surface area (TPSA) is 106 Å². The minimum Gasteiger partial charge on any atom is -0.444 e. The summed E-state index contributed by atoms with van der Waals surface area (Å²) in [6.45, 7) is 4.40. The summed E-state index contributed by atoms with van der Waals surface area (Å²) in [4.78, 5) is 20.1. The van der Waals surface area contributed by atoms with Gasteiger partial charge >= 0.3 is 0 Å². The zero-order chi connectivity index (χ0) is 19.1. The van der Waals surface area contributed by atoms with E-state index in [4.69, 9.17) is 10.2 Å². The fraction of sp³-hybridized carbons (Fsp3) is 0.389. The second kappa shape index (κ2) is 8.98. The molecule has 0 spiro atoms. The van der Waals surface area contributed by atoms with Crippen LogP contribution in [0.2, 0.25) is 0 Å². The molecule has 0 aliphatic rings. The lowest BCUT2D eigenvalue weighted by Gasteiger charge is -2.17. The van der Waals surface area contributed by atoms with Crippen molar-refractivity contribution in [1.82, 2.24) is 15.6 Å². The average Bonchev–Trinajstić information content (AvgIpc) is 2.93. The number of carbonyl (C=O) groups is 1. The lowest BCUT2D eigenvalue weighted by Crippen LogP contribution is -2.42. The average molecular weight is 361 g/mol. The van der Waals surface area contributed by atoms with Gasteiger partial charge in [0.2, 0.25) is 11.8 Å². The number of halogens is 1. The molecule has 1 aromatic carbocycles. The number of aryl methyl sites for hydroxylation is 2. The highest BCUT2D eigenvalue weighted by Gasteiger charge is 2.17. The summed E-state index contributed by atoms with van der Waals surface area (Å²) in [5, 5.41) is 6.14. The molecule has 1 aromatic heterocycles. The number of nitrogens with two attached hydrogens (primary N) is 1. The van der Waals surface area contributed by atoms with Gasteiger partial charge in [-0.25, -0.2) is 9.37 Å². The molecule has 8 heteroatoms. The number of carbonyl (C=O) groups excluding carboxylic acids is 1. The van der Waals surface area contributed by atoms with Crippen molar-refractivity contribution in [3.63, 3.8) is 0 Å². The molecule has 140 valence electrons. The van der Waals surface area contributed by atoms with E-state index in [1.165, 1.54) is 12.1 Å². The number of hydrogen-bond acceptors (Lipinski definition) is 4. The number of primary amides is 1. The summed E-state index contributed by atoms with van der Waals surface area (Å²) in [6, 6.07) is 6.01. The highest BCUT2D eigenvalue weighted by atomic mass is 19.1. The predicted octanol–water partition coefficient (Wildman–Crippen LogP) is 1.44. The summed E-state index contributed by atoms with van der Waals surface area (Å²) in [5.41, 5.74) is 7.17. The second-order valence-corrected chi connectivity index (χ2v) is 5.99. The standard InChI is InChI=1S/C18H24FN5O2/c1-11-12(2)26-16(24-11)10-23-18(21-3)22-9-14(17(20)25)8-13-4-6-15(19)7-5-13/h4-7,14H,8-10H2,1-3H3,(H2,20,25)(H2,21,22,23). The van der Waals surface area contributed by atoms with Gasteiger partial charge in [-0.2, -0.15) is 0 Å². The van der Waals surface area contributed by atoms with Gasteiger partial charge in [0.1, 0.15) is 11.6 Å². The van der Waals surface area contributed by atoms with E-state index in [1.54, 1.807) is 19.2 Å². The van der Waals surface area contributed by atoms with Crippen LogP contribution < -0.4 is 16.4 Å². The van der Waals surface area contributed by atoms with Gasteiger partial charge in [-0.05, 0) is 38.0 Å². The molecule has 1 heterocycles. The molecule has 0 bridgehead atoms. The predicted molar refractivity (Wildman–Crippen MR) is 97.0 cm³/mol. The Morgan fingerprint density at radius 1 is 1.31 bits per heavy atom. The van der Waals surface area contributed by atoms with Crippen LogP contribution in [-0.4, -0.2) is 30.4 Å². The first-order chi connectivity index (χ1) is 12.4. The third-order valence-electron chi connectivity index (χ3n) is 4.02. The van der Waals surface area contributed by atoms with Crippen molar-refractivity contribution in [3.05, 3.63) is 53.0 Å². The Hall–Kier alpha value is -2.90. The van der Waals surface area contributed by atoms with Crippen LogP contribution in [0.1, 0.15) is 22.9 Å². The maximum Gasteiger partial charge on any atom is 0.222 e. The summed E-state index contributed by atoms with van der Waals surface area (Å²) in [7, 11) is 1.63. The van der Waals surface area contributed by atoms with Gasteiger partial charge in [0.15, 0.2) is 5.96 Å². The summed E-state index contributed by atoms with van der Waals surface area (Å²) >= 11 is 0. The number of hydrogen-bond donors (Lipinski definition) is 3. The van der Waals surface area contributed by atoms with Gasteiger partial charge in [0.05, 0.1) is 18.2 Å². The molecule has 0 aliphatic carbocycles. The number of benzene rings is 1. The molecule has 2 rings (SSSR count). The van der Waals surface area contributed by atoms with E-state index in [0.29, 0.717) is 31.4 Å². The third kappa shape index (κ3) is 5.58. The van der Waals surface area contributed by atoms with E-state index in [2.05, 4.69) is 20.6 Å². The highest BCUT2D eigenvalue weighted by Crippen LogP contribution is 2.10. The van der Waals surface area contributed by atoms with E-state index in [9.17, 15) is 9.18 Å². The van der Waals surface area contributed by atoms with Crippen LogP contribution in [0.25, 0.3) is 0 Å². The number of aromatic nitrogens is 1. The highest BCUT2D eigenvalue weighted by molar-refractivity contribution is 5.81. The zero-order valence-electron chi connectivity index (χ0n) is 15.2. The van der Waals surface area contributed by atoms with Crippen molar-refractivity contribution in [2.24, 2.45) is 16.6 Å². The normalized spacial score (nSPS) is 12.7. The largest absolute Gasteiger partial charge is 0.444 e. The zero-order valence-corrected chi connectivity index (χ0v) is 15.2. The van der Waals surface area contributed by atoms with Gasteiger partial charge in [-0.1, -0.05) is 12.1 Å². The van der Waals surface area contributed by atoms with E-state index < -0.39 is 11.8 Å². The third-order valence-corrected chi connectivity index (χ3v) is 4.02. The number of nitrogens with one attached hydrogen (secondary N) is 2. The molecular weight excluding hydrogens is 337 g/mol. The molecule has 26 heavy (non-hydrogen) atoms. The molecule has 7 nitrogen and oxygen atoms in total. The monoisotopic (exact) mass is 361 g/mol. The van der Waals surface area contributed by atoms with E-state index in [0.717, 1.165) is 17.0 Å². The first-order valence-corrected chi connectivity index (χ1v) is 8.30. The SMILES string of the molecule is CN=C(NCc1nc(C)c(C)o1)NCC(Cc1ccc(F)cc1)C(N)=O. The van der Waals surface area contributed by atoms with Crippen molar-refractivity contribution in [2.45, 2.75) is 26.8 Å². The van der Waals surface area contributed by atoms with Crippen LogP contribution in [0.5, 0.6) is 0 Å². The molecular formula is C18H24FN5O2. The smallest absolute Gasteiger partial charge is 0.222 e. The fourth-order valence-electron chi connectivity index (χ4n) is 2.39. The number of oxazole rings is 1. The Morgan fingerprint density at radius 3 is 2.54 bits per heavy atom. The van der Waals surface area contributed by atoms with Crippen molar-refractivity contribution < 1.29 is 13.6 Å². The molecule has 2 aromatic rings. The van der Waals surface area contributed by atoms with Crippen molar-refractivity contribution in [2.75, 3.05) is 13.6 Å². The van der Waals surface area contributed by atoms with Gasteiger partial charge < -0.3 is 20.8 Å². The van der Waals surface area contributed by atoms with Crippen LogP contribution in [0.3, 0.4) is 0 Å². The Balaban J connectivity index is 1.89. The maximum absolute atomic E-state index is 13.0. The van der Waals surface area contributed by atoms with Crippen molar-refractivity contribution in [1.29, 1.82) is 0 Å². The molecule has 0 saturated heterocycles. The molecule has 0 saturated carbocycles. The first-order valence-electron chi connectivity index (χ1n) is 8.30. The van der Waals surface area contributed by atoms with E-state index >= 15 is 0 Å². The van der Waals surface area contributed by atoms with Crippen LogP contribution in [0, 0.1) is 25.6 Å². The number of amides is 1. The molecule has 1 atom stereocenters. The van der Waals surface area contributed by atoms with E-state index in [1.807, 2.05) is 13.8 Å². The Bertz CT molecular complexity index is 751. The minimum absolute atomic E-state index is 0.302. The maximum atomic E-state index is 13.0. The Kier molecular flexibility index (Phi) is 6.71. The van der Waals surface area contributed by atoms with Gasteiger partial charge in [0.25, 0.3) is 0 Å². The van der Waals surface area contributed by atoms with Gasteiger partial charge in [-0.3, -0.25) is 9.79 Å². The number of aliphatic imine (C=N–C) groups is 1. The summed E-state index contributed by atoms with van der Waals surface area (Å²) < 4.78 is 18.5. The molecule has 1 amide bonds. The van der Waals surface area contributed by atoms with Crippen LogP contribution in [-0.2, 0) is 17.8 Å². The second-order valence-electron chi connectivity index (χ2n) is 5.99.